The minimum atomic E-state index is 0.146. The molecule has 0 aromatic heterocycles. The number of allylic oxidation sites excluding steroid dienone is 1. The van der Waals surface area contributed by atoms with Crippen molar-refractivity contribution >= 4 is 0 Å². The van der Waals surface area contributed by atoms with Crippen molar-refractivity contribution in [3.63, 3.8) is 0 Å². The Hall–Kier alpha value is -0.300. The van der Waals surface area contributed by atoms with Crippen LogP contribution in [0.5, 0.6) is 0 Å². The summed E-state index contributed by atoms with van der Waals surface area (Å²) in [4.78, 5) is 0. The molecular formula is C13H24O. The van der Waals surface area contributed by atoms with Crippen LogP contribution in [0, 0.1) is 0 Å². The molecule has 1 nitrogen and oxygen atoms in total. The summed E-state index contributed by atoms with van der Waals surface area (Å²) in [6.45, 7) is 10.5. The molecule has 2 unspecified atom stereocenters. The monoisotopic (exact) mass is 196 g/mol. The fourth-order valence-electron chi connectivity index (χ4n) is 2.32. The van der Waals surface area contributed by atoms with Gasteiger partial charge in [-0.2, -0.15) is 0 Å². The first kappa shape index (κ1) is 11.8. The van der Waals surface area contributed by atoms with Crippen molar-refractivity contribution < 1.29 is 4.74 Å². The Bertz CT molecular complexity index is 197. The summed E-state index contributed by atoms with van der Waals surface area (Å²) in [6, 6.07) is 0. The highest BCUT2D eigenvalue weighted by atomic mass is 16.5. The Morgan fingerprint density at radius 1 is 1.57 bits per heavy atom. The summed E-state index contributed by atoms with van der Waals surface area (Å²) in [5.41, 5.74) is 1.44. The summed E-state index contributed by atoms with van der Waals surface area (Å²) in [7, 11) is 0. The first-order valence-corrected chi connectivity index (χ1v) is 5.84. The van der Waals surface area contributed by atoms with Gasteiger partial charge in [-0.15, -0.1) is 6.58 Å². The Labute approximate surface area is 88.5 Å². The van der Waals surface area contributed by atoms with E-state index in [2.05, 4.69) is 27.4 Å². The zero-order valence-electron chi connectivity index (χ0n) is 9.94. The maximum absolute atomic E-state index is 6.03. The lowest BCUT2D eigenvalue weighted by atomic mass is 9.88. The second-order valence-corrected chi connectivity index (χ2v) is 5.08. The molecule has 0 N–H and O–H groups in total. The van der Waals surface area contributed by atoms with Crippen LogP contribution in [0.1, 0.15) is 59.3 Å². The third-order valence-corrected chi connectivity index (χ3v) is 3.11. The summed E-state index contributed by atoms with van der Waals surface area (Å²) in [5, 5.41) is 0. The van der Waals surface area contributed by atoms with Crippen molar-refractivity contribution in [3.05, 3.63) is 12.2 Å². The van der Waals surface area contributed by atoms with Gasteiger partial charge in [0.2, 0.25) is 0 Å². The number of hydrogen-bond acceptors (Lipinski definition) is 1. The molecule has 14 heavy (non-hydrogen) atoms. The predicted octanol–water partition coefficient (Wildman–Crippen LogP) is 4.08. The lowest BCUT2D eigenvalue weighted by molar-refractivity contribution is -0.114. The van der Waals surface area contributed by atoms with Crippen LogP contribution in [0.4, 0.5) is 0 Å². The molecule has 1 aliphatic heterocycles. The topological polar surface area (TPSA) is 9.23 Å². The van der Waals surface area contributed by atoms with Gasteiger partial charge in [0.1, 0.15) is 0 Å². The molecule has 1 heteroatoms. The lowest BCUT2D eigenvalue weighted by Crippen LogP contribution is -2.36. The highest BCUT2D eigenvalue weighted by molar-refractivity contribution is 4.89. The summed E-state index contributed by atoms with van der Waals surface area (Å²) in [6.07, 6.45) is 7.79. The van der Waals surface area contributed by atoms with Crippen molar-refractivity contribution in [2.45, 2.75) is 71.0 Å². The third-order valence-electron chi connectivity index (χ3n) is 3.11. The van der Waals surface area contributed by atoms with E-state index in [0.717, 1.165) is 6.42 Å². The van der Waals surface area contributed by atoms with Gasteiger partial charge in [0.25, 0.3) is 0 Å². The molecule has 82 valence electrons. The van der Waals surface area contributed by atoms with Crippen LogP contribution in [-0.4, -0.2) is 11.7 Å². The second kappa shape index (κ2) is 4.97. The average Bonchev–Trinajstić information content (AvgIpc) is 2.01. The minimum absolute atomic E-state index is 0.146. The van der Waals surface area contributed by atoms with Gasteiger partial charge in [0.15, 0.2) is 0 Å². The fraction of sp³-hybridized carbons (Fsp3) is 0.846. The van der Waals surface area contributed by atoms with Crippen LogP contribution in [0.25, 0.3) is 0 Å². The third kappa shape index (κ3) is 3.83. The van der Waals surface area contributed by atoms with E-state index in [0.29, 0.717) is 6.10 Å². The summed E-state index contributed by atoms with van der Waals surface area (Å²) in [5.74, 6) is 0. The van der Waals surface area contributed by atoms with E-state index in [1.807, 2.05) is 0 Å². The normalized spacial score (nSPS) is 32.9. The maximum atomic E-state index is 6.03. The molecule has 0 spiro atoms. The molecule has 1 aliphatic rings. The van der Waals surface area contributed by atoms with Gasteiger partial charge in [-0.25, -0.2) is 0 Å². The minimum Gasteiger partial charge on any atom is -0.372 e. The largest absolute Gasteiger partial charge is 0.372 e. The Kier molecular flexibility index (Phi) is 4.18. The zero-order chi connectivity index (χ0) is 10.6. The molecule has 0 amide bonds. The van der Waals surface area contributed by atoms with Gasteiger partial charge < -0.3 is 4.74 Å². The molecule has 0 bridgehead atoms. The molecule has 0 aromatic carbocycles. The Balaban J connectivity index is 2.29. The van der Waals surface area contributed by atoms with E-state index in [-0.39, 0.29) is 5.60 Å². The van der Waals surface area contributed by atoms with Crippen molar-refractivity contribution in [2.24, 2.45) is 0 Å². The maximum Gasteiger partial charge on any atom is 0.0658 e. The highest BCUT2D eigenvalue weighted by Gasteiger charge is 2.30. The Morgan fingerprint density at radius 2 is 2.29 bits per heavy atom. The number of ether oxygens (including phenoxy) is 1. The summed E-state index contributed by atoms with van der Waals surface area (Å²) >= 11 is 0. The molecule has 0 saturated carbocycles. The Morgan fingerprint density at radius 3 is 2.86 bits per heavy atom. The van der Waals surface area contributed by atoms with Crippen molar-refractivity contribution in [3.8, 4) is 0 Å². The van der Waals surface area contributed by atoms with Crippen LogP contribution < -0.4 is 0 Å². The van der Waals surface area contributed by atoms with Crippen molar-refractivity contribution in [1.29, 1.82) is 0 Å². The molecule has 0 aromatic rings. The van der Waals surface area contributed by atoms with Crippen LogP contribution in [0.3, 0.4) is 0 Å². The molecular weight excluding hydrogens is 172 g/mol. The molecule has 1 saturated heterocycles. The van der Waals surface area contributed by atoms with E-state index in [4.69, 9.17) is 4.74 Å². The van der Waals surface area contributed by atoms with E-state index >= 15 is 0 Å². The van der Waals surface area contributed by atoms with Gasteiger partial charge in [0.05, 0.1) is 11.7 Å². The molecule has 0 aliphatic carbocycles. The van der Waals surface area contributed by atoms with Gasteiger partial charge >= 0.3 is 0 Å². The van der Waals surface area contributed by atoms with Gasteiger partial charge in [-0.05, 0) is 59.3 Å². The van der Waals surface area contributed by atoms with Gasteiger partial charge in [0, 0.05) is 0 Å². The van der Waals surface area contributed by atoms with Crippen LogP contribution in [0.2, 0.25) is 0 Å². The fourth-order valence-corrected chi connectivity index (χ4v) is 2.32. The van der Waals surface area contributed by atoms with Crippen molar-refractivity contribution in [2.75, 3.05) is 0 Å². The van der Waals surface area contributed by atoms with Gasteiger partial charge in [-0.3, -0.25) is 0 Å². The quantitative estimate of drug-likeness (QED) is 0.616. The molecule has 1 fully saturated rings. The zero-order valence-corrected chi connectivity index (χ0v) is 9.94. The molecule has 0 radical (unpaired) electrons. The van der Waals surface area contributed by atoms with Crippen LogP contribution >= 0.6 is 0 Å². The lowest BCUT2D eigenvalue weighted by Gasteiger charge is -2.37. The average molecular weight is 196 g/mol. The van der Waals surface area contributed by atoms with E-state index in [9.17, 15) is 0 Å². The SMILES string of the molecule is C=C(C)CCCC1(C)CCCC(C)O1. The van der Waals surface area contributed by atoms with Crippen molar-refractivity contribution in [1.82, 2.24) is 0 Å². The van der Waals surface area contributed by atoms with E-state index in [1.165, 1.54) is 37.7 Å². The van der Waals surface area contributed by atoms with E-state index < -0.39 is 0 Å². The van der Waals surface area contributed by atoms with Gasteiger partial charge in [-0.1, -0.05) is 5.57 Å². The predicted molar refractivity (Wildman–Crippen MR) is 61.5 cm³/mol. The van der Waals surface area contributed by atoms with E-state index in [1.54, 1.807) is 0 Å². The molecule has 1 heterocycles. The first-order chi connectivity index (χ1) is 6.52. The number of rotatable bonds is 4. The van der Waals surface area contributed by atoms with Crippen LogP contribution in [0.15, 0.2) is 12.2 Å². The van der Waals surface area contributed by atoms with Crippen LogP contribution in [-0.2, 0) is 4.74 Å². The molecule has 2 atom stereocenters. The first-order valence-electron chi connectivity index (χ1n) is 5.84. The summed E-state index contributed by atoms with van der Waals surface area (Å²) < 4.78 is 6.03. The molecule has 1 rings (SSSR count). The number of hydrogen-bond donors (Lipinski definition) is 0. The smallest absolute Gasteiger partial charge is 0.0658 e. The highest BCUT2D eigenvalue weighted by Crippen LogP contribution is 2.32. The second-order valence-electron chi connectivity index (χ2n) is 5.08. The standard InChI is InChI=1S/C13H24O/c1-11(2)7-5-9-13(4)10-6-8-12(3)14-13/h12H,1,5-10H2,2-4H3.